The number of hydrogen-bond acceptors (Lipinski definition) is 7. The summed E-state index contributed by atoms with van der Waals surface area (Å²) in [6, 6.07) is 24.5. The highest BCUT2D eigenvalue weighted by Gasteiger charge is 2.43. The lowest BCUT2D eigenvalue weighted by Gasteiger charge is -2.40. The highest BCUT2D eigenvalue weighted by molar-refractivity contribution is 5.86. The topological polar surface area (TPSA) is 99.5 Å². The smallest absolute Gasteiger partial charge is 0.410 e. The molecule has 1 aliphatic heterocycles. The van der Waals surface area contributed by atoms with Crippen LogP contribution in [0.1, 0.15) is 70.4 Å². The van der Waals surface area contributed by atoms with E-state index in [0.717, 1.165) is 59.0 Å². The van der Waals surface area contributed by atoms with Crippen LogP contribution in [0.3, 0.4) is 0 Å². The summed E-state index contributed by atoms with van der Waals surface area (Å²) in [6.45, 7) is 10.3. The molecule has 2 fully saturated rings. The molecular formula is C43H53N3O7. The first-order valence-corrected chi connectivity index (χ1v) is 18.9. The van der Waals surface area contributed by atoms with Crippen molar-refractivity contribution in [3.63, 3.8) is 0 Å². The molecule has 0 radical (unpaired) electrons. The van der Waals surface area contributed by atoms with Gasteiger partial charge in [0.15, 0.2) is 6.61 Å². The minimum absolute atomic E-state index is 0.0711. The van der Waals surface area contributed by atoms with Crippen molar-refractivity contribution in [2.24, 2.45) is 5.92 Å². The van der Waals surface area contributed by atoms with Crippen LogP contribution in [0.15, 0.2) is 79.0 Å². The molecule has 6 rings (SSSR count). The molecule has 2 atom stereocenters. The molecule has 10 heteroatoms. The molecule has 10 nitrogen and oxygen atoms in total. The minimum Gasteiger partial charge on any atom is -0.482 e. The maximum Gasteiger partial charge on any atom is 0.410 e. The molecule has 0 spiro atoms. The Labute approximate surface area is 312 Å². The fourth-order valence-corrected chi connectivity index (χ4v) is 7.34. The Kier molecular flexibility index (Phi) is 12.1. The van der Waals surface area contributed by atoms with Crippen LogP contribution in [0.4, 0.5) is 4.79 Å². The third-order valence-electron chi connectivity index (χ3n) is 9.96. The Balaban J connectivity index is 1.29. The SMILES string of the molecule is CCOC(=O)COc1cccc(-c2cccc([C@H]3CCN(C(=O)OC(C)(C)C)C[C@@H]3C(=O)N(Cc3cn(CCCOC)c4ccccc34)C3CC3)c2)c1. The summed E-state index contributed by atoms with van der Waals surface area (Å²) in [6.07, 6.45) is 5.26. The van der Waals surface area contributed by atoms with Crippen LogP contribution < -0.4 is 4.74 Å². The molecular weight excluding hydrogens is 670 g/mol. The van der Waals surface area contributed by atoms with Crippen molar-refractivity contribution in [1.82, 2.24) is 14.4 Å². The summed E-state index contributed by atoms with van der Waals surface area (Å²) in [7, 11) is 1.72. The molecule has 1 saturated heterocycles. The maximum absolute atomic E-state index is 15.0. The molecule has 0 bridgehead atoms. The highest BCUT2D eigenvalue weighted by Crippen LogP contribution is 2.40. The van der Waals surface area contributed by atoms with E-state index >= 15 is 4.79 Å². The number of amides is 2. The van der Waals surface area contributed by atoms with Crippen molar-refractivity contribution in [1.29, 1.82) is 0 Å². The molecule has 2 aliphatic rings. The van der Waals surface area contributed by atoms with Crippen LogP contribution in [0, 0.1) is 5.92 Å². The van der Waals surface area contributed by atoms with Crippen LogP contribution in [0.5, 0.6) is 5.75 Å². The maximum atomic E-state index is 15.0. The molecule has 53 heavy (non-hydrogen) atoms. The van der Waals surface area contributed by atoms with E-state index in [1.807, 2.05) is 57.2 Å². The van der Waals surface area contributed by atoms with Gasteiger partial charge < -0.3 is 33.3 Å². The van der Waals surface area contributed by atoms with Gasteiger partial charge in [-0.15, -0.1) is 0 Å². The van der Waals surface area contributed by atoms with Gasteiger partial charge in [-0.25, -0.2) is 9.59 Å². The summed E-state index contributed by atoms with van der Waals surface area (Å²) in [5.41, 5.74) is 4.60. The number of nitrogens with zero attached hydrogens (tertiary/aromatic N) is 3. The van der Waals surface area contributed by atoms with Crippen molar-refractivity contribution >= 4 is 28.9 Å². The zero-order valence-corrected chi connectivity index (χ0v) is 31.7. The highest BCUT2D eigenvalue weighted by atomic mass is 16.6. The minimum atomic E-state index is -0.645. The number of fused-ring (bicyclic) bond motifs is 1. The number of ether oxygens (including phenoxy) is 4. The van der Waals surface area contributed by atoms with Crippen molar-refractivity contribution < 1.29 is 33.3 Å². The van der Waals surface area contributed by atoms with Gasteiger partial charge in [0.2, 0.25) is 5.91 Å². The van der Waals surface area contributed by atoms with Crippen molar-refractivity contribution in [3.8, 4) is 16.9 Å². The lowest BCUT2D eigenvalue weighted by molar-refractivity contribution is -0.145. The van der Waals surface area contributed by atoms with E-state index < -0.39 is 17.5 Å². The zero-order valence-electron chi connectivity index (χ0n) is 31.7. The average molecular weight is 724 g/mol. The zero-order chi connectivity index (χ0) is 37.5. The van der Waals surface area contributed by atoms with Gasteiger partial charge in [0.1, 0.15) is 11.4 Å². The van der Waals surface area contributed by atoms with E-state index in [9.17, 15) is 9.59 Å². The van der Waals surface area contributed by atoms with E-state index in [2.05, 4.69) is 52.1 Å². The predicted molar refractivity (Wildman–Crippen MR) is 205 cm³/mol. The number of carbonyl (C=O) groups excluding carboxylic acids is 3. The number of aromatic nitrogens is 1. The van der Waals surface area contributed by atoms with Gasteiger partial charge in [-0.2, -0.15) is 0 Å². The molecule has 1 aromatic heterocycles. The van der Waals surface area contributed by atoms with E-state index in [1.165, 1.54) is 0 Å². The molecule has 2 heterocycles. The van der Waals surface area contributed by atoms with Crippen LogP contribution in [-0.4, -0.2) is 84.0 Å². The molecule has 1 aliphatic carbocycles. The number of carbonyl (C=O) groups is 3. The fourth-order valence-electron chi connectivity index (χ4n) is 7.34. The molecule has 4 aromatic rings. The predicted octanol–water partition coefficient (Wildman–Crippen LogP) is 7.82. The average Bonchev–Trinajstić information content (AvgIpc) is 3.94. The number of methoxy groups -OCH3 is 1. The number of piperidine rings is 1. The third-order valence-corrected chi connectivity index (χ3v) is 9.96. The third kappa shape index (κ3) is 9.59. The molecule has 0 unspecified atom stereocenters. The van der Waals surface area contributed by atoms with Gasteiger partial charge in [-0.3, -0.25) is 4.79 Å². The monoisotopic (exact) mass is 723 g/mol. The van der Waals surface area contributed by atoms with Crippen LogP contribution in [0.2, 0.25) is 0 Å². The van der Waals surface area contributed by atoms with Gasteiger partial charge in [-0.1, -0.05) is 54.6 Å². The number of rotatable bonds is 14. The van der Waals surface area contributed by atoms with Crippen molar-refractivity contribution in [2.45, 2.75) is 84.0 Å². The van der Waals surface area contributed by atoms with Gasteiger partial charge in [0.25, 0.3) is 0 Å². The number of hydrogen-bond donors (Lipinski definition) is 0. The van der Waals surface area contributed by atoms with Gasteiger partial charge in [0.05, 0.1) is 12.5 Å². The number of aryl methyl sites for hydroxylation is 1. The lowest BCUT2D eigenvalue weighted by Crippen LogP contribution is -2.51. The number of likely N-dealkylation sites (tertiary alicyclic amines) is 1. The molecule has 0 N–H and O–H groups in total. The molecule has 282 valence electrons. The van der Waals surface area contributed by atoms with Crippen molar-refractivity contribution in [2.75, 3.05) is 40.0 Å². The summed E-state index contributed by atoms with van der Waals surface area (Å²) in [5.74, 6) is -0.342. The van der Waals surface area contributed by atoms with Crippen LogP contribution in [-0.2, 0) is 36.9 Å². The van der Waals surface area contributed by atoms with Crippen LogP contribution >= 0.6 is 0 Å². The quantitative estimate of drug-likeness (QED) is 0.0967. The second-order valence-electron chi connectivity index (χ2n) is 15.1. The number of para-hydroxylation sites is 1. The summed E-state index contributed by atoms with van der Waals surface area (Å²) in [5, 5.41) is 1.15. The Hall–Kier alpha value is -4.83. The first kappa shape index (κ1) is 37.9. The van der Waals surface area contributed by atoms with Gasteiger partial charge in [0, 0.05) is 63.0 Å². The first-order valence-electron chi connectivity index (χ1n) is 18.9. The Morgan fingerprint density at radius 1 is 0.925 bits per heavy atom. The molecule has 3 aromatic carbocycles. The van der Waals surface area contributed by atoms with E-state index in [0.29, 0.717) is 38.5 Å². The summed E-state index contributed by atoms with van der Waals surface area (Å²) < 4.78 is 24.1. The van der Waals surface area contributed by atoms with Gasteiger partial charge in [-0.05, 0) is 99.7 Å². The number of esters is 1. The summed E-state index contributed by atoms with van der Waals surface area (Å²) in [4.78, 5) is 44.1. The Morgan fingerprint density at radius 3 is 2.42 bits per heavy atom. The largest absolute Gasteiger partial charge is 0.482 e. The Morgan fingerprint density at radius 2 is 1.68 bits per heavy atom. The van der Waals surface area contributed by atoms with Crippen LogP contribution in [0.25, 0.3) is 22.0 Å². The van der Waals surface area contributed by atoms with E-state index in [1.54, 1.807) is 18.9 Å². The van der Waals surface area contributed by atoms with Crippen molar-refractivity contribution in [3.05, 3.63) is 90.1 Å². The second kappa shape index (κ2) is 16.9. The fraction of sp³-hybridized carbons (Fsp3) is 0.465. The number of benzene rings is 3. The molecule has 2 amide bonds. The standard InChI is InChI=1S/C43H53N3O7/c1-6-51-40(47)29-52-35-15-10-13-31(25-35)30-12-9-14-32(24-30)36-20-22-45(42(49)53-43(2,3)4)28-38(36)41(48)46(34-18-19-34)27-33-26-44(21-11-23-50-5)39-17-8-7-16-37(33)39/h7-10,12-17,24-26,34,36,38H,6,11,18-23,27-29H2,1-5H3/t36-,38+/m1/s1. The van der Waals surface area contributed by atoms with E-state index in [4.69, 9.17) is 18.9 Å². The lowest BCUT2D eigenvalue weighted by atomic mass is 9.79. The normalized spacial score (nSPS) is 17.4. The Bertz CT molecular complexity index is 1890. The summed E-state index contributed by atoms with van der Waals surface area (Å²) >= 11 is 0. The van der Waals surface area contributed by atoms with E-state index in [-0.39, 0.29) is 37.1 Å². The second-order valence-corrected chi connectivity index (χ2v) is 15.1. The van der Waals surface area contributed by atoms with Gasteiger partial charge >= 0.3 is 12.1 Å². The first-order chi connectivity index (χ1) is 25.5. The molecule has 1 saturated carbocycles.